The highest BCUT2D eigenvalue weighted by Gasteiger charge is 2.37. The van der Waals surface area contributed by atoms with E-state index in [2.05, 4.69) is 4.90 Å². The Kier molecular flexibility index (Phi) is 4.31. The molecule has 0 aromatic heterocycles. The van der Waals surface area contributed by atoms with Gasteiger partial charge in [-0.1, -0.05) is 11.6 Å². The fourth-order valence-electron chi connectivity index (χ4n) is 2.31. The topological polar surface area (TPSA) is 64.4 Å². The SMILES string of the molecule is CN1CCN(S(=O)(=O)c2cc(C#N)ccc2Cl)CC1(C)C. The summed E-state index contributed by atoms with van der Waals surface area (Å²) in [6.45, 7) is 5.46. The lowest BCUT2D eigenvalue weighted by Crippen LogP contribution is -2.58. The van der Waals surface area contributed by atoms with Gasteiger partial charge in [0, 0.05) is 25.2 Å². The predicted octanol–water partition coefficient (Wildman–Crippen LogP) is 1.93. The summed E-state index contributed by atoms with van der Waals surface area (Å²) in [5, 5.41) is 9.08. The molecular formula is C14H18ClN3O2S. The van der Waals surface area contributed by atoms with E-state index < -0.39 is 10.0 Å². The Labute approximate surface area is 130 Å². The maximum Gasteiger partial charge on any atom is 0.244 e. The van der Waals surface area contributed by atoms with Gasteiger partial charge in [-0.2, -0.15) is 9.57 Å². The van der Waals surface area contributed by atoms with Crippen molar-refractivity contribution in [3.05, 3.63) is 28.8 Å². The Morgan fingerprint density at radius 2 is 2.00 bits per heavy atom. The average Bonchev–Trinajstić information content (AvgIpc) is 2.42. The second kappa shape index (κ2) is 5.58. The van der Waals surface area contributed by atoms with E-state index in [-0.39, 0.29) is 21.0 Å². The summed E-state index contributed by atoms with van der Waals surface area (Å²) in [5.74, 6) is 0. The van der Waals surface area contributed by atoms with E-state index in [9.17, 15) is 8.42 Å². The monoisotopic (exact) mass is 327 g/mol. The molecule has 2 rings (SSSR count). The van der Waals surface area contributed by atoms with Crippen LogP contribution in [0.2, 0.25) is 5.02 Å². The Hall–Kier alpha value is -1.13. The summed E-state index contributed by atoms with van der Waals surface area (Å²) in [7, 11) is -1.72. The number of benzene rings is 1. The summed E-state index contributed by atoms with van der Waals surface area (Å²) in [5.41, 5.74) is 0.0383. The van der Waals surface area contributed by atoms with Crippen molar-refractivity contribution in [1.82, 2.24) is 9.21 Å². The van der Waals surface area contributed by atoms with Crippen LogP contribution in [0, 0.1) is 11.3 Å². The van der Waals surface area contributed by atoms with Gasteiger partial charge in [-0.15, -0.1) is 0 Å². The highest BCUT2D eigenvalue weighted by molar-refractivity contribution is 7.89. The lowest BCUT2D eigenvalue weighted by Gasteiger charge is -2.44. The molecule has 0 saturated carbocycles. The van der Waals surface area contributed by atoms with Crippen LogP contribution in [0.4, 0.5) is 0 Å². The number of sulfonamides is 1. The third-order valence-electron chi connectivity index (χ3n) is 3.96. The molecule has 7 heteroatoms. The van der Waals surface area contributed by atoms with Crippen LogP contribution in [0.15, 0.2) is 23.1 Å². The highest BCUT2D eigenvalue weighted by atomic mass is 35.5. The van der Waals surface area contributed by atoms with Crippen LogP contribution in [0.5, 0.6) is 0 Å². The van der Waals surface area contributed by atoms with Crippen molar-refractivity contribution in [3.8, 4) is 6.07 Å². The van der Waals surface area contributed by atoms with Crippen molar-refractivity contribution in [2.24, 2.45) is 0 Å². The number of likely N-dealkylation sites (N-methyl/N-ethyl adjacent to an activating group) is 1. The minimum absolute atomic E-state index is 0.00331. The summed E-state index contributed by atoms with van der Waals surface area (Å²) in [6, 6.07) is 6.24. The first-order valence-electron chi connectivity index (χ1n) is 6.59. The van der Waals surface area contributed by atoms with E-state index in [4.69, 9.17) is 16.9 Å². The Bertz CT molecular complexity index is 695. The molecule has 0 N–H and O–H groups in total. The zero-order valence-corrected chi connectivity index (χ0v) is 13.9. The predicted molar refractivity (Wildman–Crippen MR) is 81.6 cm³/mol. The Morgan fingerprint density at radius 1 is 1.33 bits per heavy atom. The van der Waals surface area contributed by atoms with Crippen molar-refractivity contribution in [2.45, 2.75) is 24.3 Å². The van der Waals surface area contributed by atoms with Crippen LogP contribution in [0.25, 0.3) is 0 Å². The molecule has 114 valence electrons. The zero-order valence-electron chi connectivity index (χ0n) is 12.3. The first-order chi connectivity index (χ1) is 9.68. The molecule has 1 aromatic rings. The number of halogens is 1. The molecule has 21 heavy (non-hydrogen) atoms. The summed E-state index contributed by atoms with van der Waals surface area (Å²) in [6.07, 6.45) is 0. The van der Waals surface area contributed by atoms with Crippen LogP contribution in [0.1, 0.15) is 19.4 Å². The average molecular weight is 328 g/mol. The van der Waals surface area contributed by atoms with Gasteiger partial charge in [0.05, 0.1) is 16.7 Å². The minimum atomic E-state index is -3.70. The van der Waals surface area contributed by atoms with E-state index in [1.54, 1.807) is 0 Å². The van der Waals surface area contributed by atoms with Gasteiger partial charge < -0.3 is 0 Å². The van der Waals surface area contributed by atoms with E-state index in [1.807, 2.05) is 27.0 Å². The molecular weight excluding hydrogens is 310 g/mol. The van der Waals surface area contributed by atoms with Gasteiger partial charge in [0.25, 0.3) is 0 Å². The van der Waals surface area contributed by atoms with Gasteiger partial charge in [0.15, 0.2) is 0 Å². The lowest BCUT2D eigenvalue weighted by atomic mass is 10.0. The van der Waals surface area contributed by atoms with E-state index in [0.29, 0.717) is 19.6 Å². The third-order valence-corrected chi connectivity index (χ3v) is 6.29. The van der Waals surface area contributed by atoms with Crippen molar-refractivity contribution in [2.75, 3.05) is 26.7 Å². The van der Waals surface area contributed by atoms with Gasteiger partial charge in [0.2, 0.25) is 10.0 Å². The number of hydrogen-bond donors (Lipinski definition) is 0. The van der Waals surface area contributed by atoms with Crippen LogP contribution >= 0.6 is 11.6 Å². The molecule has 1 aliphatic rings. The molecule has 1 saturated heterocycles. The number of piperazine rings is 1. The number of hydrogen-bond acceptors (Lipinski definition) is 4. The second-order valence-corrected chi connectivity index (χ2v) is 8.14. The fourth-order valence-corrected chi connectivity index (χ4v) is 4.40. The second-order valence-electron chi connectivity index (χ2n) is 5.83. The molecule has 1 aliphatic heterocycles. The normalized spacial score (nSPS) is 20.1. The largest absolute Gasteiger partial charge is 0.299 e. The van der Waals surface area contributed by atoms with Crippen LogP contribution in [0.3, 0.4) is 0 Å². The fraction of sp³-hybridized carbons (Fsp3) is 0.500. The smallest absolute Gasteiger partial charge is 0.244 e. The molecule has 1 heterocycles. The Balaban J connectivity index is 2.42. The summed E-state index contributed by atoms with van der Waals surface area (Å²) in [4.78, 5) is 2.13. The first kappa shape index (κ1) is 16.2. The molecule has 0 amide bonds. The van der Waals surface area contributed by atoms with E-state index in [0.717, 1.165) is 0 Å². The van der Waals surface area contributed by atoms with Crippen molar-refractivity contribution in [3.63, 3.8) is 0 Å². The molecule has 0 aliphatic carbocycles. The van der Waals surface area contributed by atoms with Crippen LogP contribution in [-0.4, -0.2) is 49.8 Å². The van der Waals surface area contributed by atoms with Gasteiger partial charge in [-0.05, 0) is 39.1 Å². The molecule has 0 bridgehead atoms. The van der Waals surface area contributed by atoms with E-state index >= 15 is 0 Å². The standard InChI is InChI=1S/C14H18ClN3O2S/c1-14(2)10-18(7-6-17(14)3)21(19,20)13-8-11(9-16)4-5-12(13)15/h4-5,8H,6-7,10H2,1-3H3. The molecule has 0 radical (unpaired) electrons. The van der Waals surface area contributed by atoms with Gasteiger partial charge in [-0.3, -0.25) is 4.90 Å². The summed E-state index contributed by atoms with van der Waals surface area (Å²) < 4.78 is 27.0. The number of rotatable bonds is 2. The van der Waals surface area contributed by atoms with Crippen LogP contribution < -0.4 is 0 Å². The van der Waals surface area contributed by atoms with E-state index in [1.165, 1.54) is 22.5 Å². The molecule has 0 atom stereocenters. The maximum absolute atomic E-state index is 12.8. The molecule has 0 unspecified atom stereocenters. The number of nitriles is 1. The first-order valence-corrected chi connectivity index (χ1v) is 8.41. The van der Waals surface area contributed by atoms with Crippen molar-refractivity contribution < 1.29 is 8.42 Å². The van der Waals surface area contributed by atoms with Crippen LogP contribution in [-0.2, 0) is 10.0 Å². The van der Waals surface area contributed by atoms with Crippen molar-refractivity contribution >= 4 is 21.6 Å². The van der Waals surface area contributed by atoms with Crippen molar-refractivity contribution in [1.29, 1.82) is 5.26 Å². The summed E-state index contributed by atoms with van der Waals surface area (Å²) >= 11 is 6.03. The maximum atomic E-state index is 12.8. The Morgan fingerprint density at radius 3 is 2.57 bits per heavy atom. The third kappa shape index (κ3) is 3.06. The quantitative estimate of drug-likeness (QED) is 0.832. The lowest BCUT2D eigenvalue weighted by molar-refractivity contribution is 0.0801. The van der Waals surface area contributed by atoms with Gasteiger partial charge >= 0.3 is 0 Å². The zero-order chi connectivity index (χ0) is 15.8. The molecule has 5 nitrogen and oxygen atoms in total. The minimum Gasteiger partial charge on any atom is -0.299 e. The van der Waals surface area contributed by atoms with Gasteiger partial charge in [-0.25, -0.2) is 8.42 Å². The number of nitrogens with zero attached hydrogens (tertiary/aromatic N) is 3. The molecule has 1 aromatic carbocycles. The molecule has 1 fully saturated rings. The highest BCUT2D eigenvalue weighted by Crippen LogP contribution is 2.29. The molecule has 0 spiro atoms. The van der Waals surface area contributed by atoms with Gasteiger partial charge in [0.1, 0.15) is 4.90 Å².